The number of methoxy groups -OCH3 is 1. The first kappa shape index (κ1) is 29.6. The normalized spacial score (nSPS) is 27.6. The van der Waals surface area contributed by atoms with Crippen LogP contribution >= 0.6 is 0 Å². The van der Waals surface area contributed by atoms with Gasteiger partial charge in [0.15, 0.2) is 23.7 Å². The third-order valence-corrected chi connectivity index (χ3v) is 8.98. The summed E-state index contributed by atoms with van der Waals surface area (Å²) in [6.07, 6.45) is -1.03. The van der Waals surface area contributed by atoms with Gasteiger partial charge in [-0.25, -0.2) is 9.59 Å². The number of nitrogens with zero attached hydrogens (tertiary/aromatic N) is 1. The van der Waals surface area contributed by atoms with Gasteiger partial charge in [0.1, 0.15) is 5.76 Å². The Morgan fingerprint density at radius 1 is 1.10 bits per heavy atom. The molecule has 2 aromatic carbocycles. The second-order valence-corrected chi connectivity index (χ2v) is 11.3. The first-order chi connectivity index (χ1) is 19.9. The highest BCUT2D eigenvalue weighted by molar-refractivity contribution is 5.84. The van der Waals surface area contributed by atoms with E-state index in [2.05, 4.69) is 4.90 Å². The highest BCUT2D eigenvalue weighted by Gasteiger charge is 2.69. The Labute approximate surface area is 245 Å². The maximum absolute atomic E-state index is 13.3. The molecule has 1 aliphatic carbocycles. The number of carbonyl (C=O) groups is 3. The molecule has 0 unspecified atom stereocenters. The van der Waals surface area contributed by atoms with Crippen molar-refractivity contribution in [3.63, 3.8) is 0 Å². The Hall–Kier alpha value is -3.89. The van der Waals surface area contributed by atoms with Gasteiger partial charge in [0.25, 0.3) is 0 Å². The number of hydrogen-bond acceptors (Lipinski definition) is 10. The van der Waals surface area contributed by atoms with Gasteiger partial charge in [-0.05, 0) is 58.5 Å². The number of ether oxygens (including phenoxy) is 5. The number of hydrogen-bond donors (Lipinski definition) is 1. The zero-order valence-corrected chi connectivity index (χ0v) is 24.7. The van der Waals surface area contributed by atoms with E-state index < -0.39 is 47.2 Å². The maximum atomic E-state index is 13.3. The molecule has 0 radical (unpaired) electrons. The molecule has 3 aliphatic rings. The summed E-state index contributed by atoms with van der Waals surface area (Å²) in [5, 5.41) is 12.4. The number of likely N-dealkylation sites (tertiary alicyclic amines) is 1. The third kappa shape index (κ3) is 4.62. The molecule has 1 spiro atoms. The second kappa shape index (κ2) is 11.1. The molecule has 10 nitrogen and oxygen atoms in total. The van der Waals surface area contributed by atoms with Crippen molar-refractivity contribution in [2.75, 3.05) is 20.7 Å². The van der Waals surface area contributed by atoms with Gasteiger partial charge < -0.3 is 33.7 Å². The van der Waals surface area contributed by atoms with Crippen molar-refractivity contribution < 1.29 is 43.2 Å². The molecule has 42 heavy (non-hydrogen) atoms. The predicted molar refractivity (Wildman–Crippen MR) is 151 cm³/mol. The molecule has 2 aromatic rings. The van der Waals surface area contributed by atoms with Crippen molar-refractivity contribution in [1.82, 2.24) is 4.90 Å². The molecule has 1 saturated heterocycles. The van der Waals surface area contributed by atoms with Crippen LogP contribution in [0.1, 0.15) is 56.4 Å². The number of rotatable bonds is 7. The Morgan fingerprint density at radius 2 is 1.81 bits per heavy atom. The zero-order valence-electron chi connectivity index (χ0n) is 24.7. The van der Waals surface area contributed by atoms with E-state index in [0.717, 1.165) is 11.1 Å². The lowest BCUT2D eigenvalue weighted by molar-refractivity contribution is -0.179. The molecular weight excluding hydrogens is 542 g/mol. The average molecular weight is 580 g/mol. The Bertz CT molecular complexity index is 1420. The zero-order chi connectivity index (χ0) is 30.4. The van der Waals surface area contributed by atoms with Crippen LogP contribution in [-0.2, 0) is 34.0 Å². The summed E-state index contributed by atoms with van der Waals surface area (Å²) >= 11 is 0. The van der Waals surface area contributed by atoms with Crippen LogP contribution in [-0.4, -0.2) is 72.5 Å². The van der Waals surface area contributed by atoms with Crippen LogP contribution in [0, 0.1) is 6.92 Å². The molecule has 1 N–H and O–H groups in total. The summed E-state index contributed by atoms with van der Waals surface area (Å²) in [6.45, 7) is 7.23. The standard InChI is InChI=1S/C32H37NO9/c1-18-12-13-23(38-6)27-25(18)31-16-17-33(5)20(3)32(31,37)15-14-24(28(31)42-27)41-29(35)19(2)39-30(36)26(40-21(4)34)22-10-8-7-9-11-22/h7-14,19-20,26,28,37H,15-17H2,1-6H3/t19-,20+,26-,28-,31-,32+/m0/s1. The van der Waals surface area contributed by atoms with Crippen LogP contribution in [0.25, 0.3) is 0 Å². The molecule has 6 atom stereocenters. The minimum Gasteiger partial charge on any atom is -0.493 e. The average Bonchev–Trinajstić information content (AvgIpc) is 3.33. The lowest BCUT2D eigenvalue weighted by Gasteiger charge is -2.58. The van der Waals surface area contributed by atoms with Crippen molar-refractivity contribution in [1.29, 1.82) is 0 Å². The molecule has 0 aromatic heterocycles. The van der Waals surface area contributed by atoms with Gasteiger partial charge in [-0.3, -0.25) is 4.79 Å². The van der Waals surface area contributed by atoms with E-state index in [9.17, 15) is 19.5 Å². The molecule has 5 rings (SSSR count). The Balaban J connectivity index is 1.43. The lowest BCUT2D eigenvalue weighted by Crippen LogP contribution is -2.71. The smallest absolute Gasteiger partial charge is 0.353 e. The van der Waals surface area contributed by atoms with E-state index in [1.807, 2.05) is 33.0 Å². The number of aliphatic hydroxyl groups is 1. The fraction of sp³-hybridized carbons (Fsp3) is 0.469. The summed E-state index contributed by atoms with van der Waals surface area (Å²) in [7, 11) is 3.54. The van der Waals surface area contributed by atoms with E-state index >= 15 is 0 Å². The number of fused-ring (bicyclic) bond motifs is 1. The molecule has 0 amide bonds. The molecule has 1 fully saturated rings. The van der Waals surface area contributed by atoms with Gasteiger partial charge >= 0.3 is 17.9 Å². The van der Waals surface area contributed by atoms with E-state index in [0.29, 0.717) is 30.0 Å². The van der Waals surface area contributed by atoms with Crippen LogP contribution in [0.2, 0.25) is 0 Å². The summed E-state index contributed by atoms with van der Waals surface area (Å²) < 4.78 is 28.6. The van der Waals surface area contributed by atoms with Gasteiger partial charge in [-0.1, -0.05) is 36.4 Å². The fourth-order valence-electron chi connectivity index (χ4n) is 6.68. The number of aryl methyl sites for hydroxylation is 1. The summed E-state index contributed by atoms with van der Waals surface area (Å²) in [6, 6.07) is 11.9. The lowest BCUT2D eigenvalue weighted by atomic mass is 9.54. The molecule has 0 saturated carbocycles. The third-order valence-electron chi connectivity index (χ3n) is 8.98. The molecule has 2 aliphatic heterocycles. The SMILES string of the molecule is COc1ccc(C)c2c1O[C@H]1C(OC(=O)[C@H](C)OC(=O)[C@@H](OC(C)=O)c3ccccc3)=CC[C@@]3(O)[C@@H](C)N(C)CC[C@]213. The minimum atomic E-state index is -1.34. The minimum absolute atomic E-state index is 0.216. The fourth-order valence-corrected chi connectivity index (χ4v) is 6.68. The van der Waals surface area contributed by atoms with Crippen molar-refractivity contribution in [3.05, 3.63) is 71.0 Å². The van der Waals surface area contributed by atoms with Crippen LogP contribution in [0.15, 0.2) is 54.3 Å². The van der Waals surface area contributed by atoms with Gasteiger partial charge in [0.2, 0.25) is 6.10 Å². The molecule has 10 heteroatoms. The van der Waals surface area contributed by atoms with Crippen molar-refractivity contribution >= 4 is 17.9 Å². The summed E-state index contributed by atoms with van der Waals surface area (Å²) in [4.78, 5) is 40.2. The molecule has 0 bridgehead atoms. The molecule has 224 valence electrons. The first-order valence-corrected chi connectivity index (χ1v) is 14.1. The van der Waals surface area contributed by atoms with Gasteiger partial charge in [-0.15, -0.1) is 0 Å². The quantitative estimate of drug-likeness (QED) is 0.385. The summed E-state index contributed by atoms with van der Waals surface area (Å²) in [5.74, 6) is -1.11. The Kier molecular flexibility index (Phi) is 7.80. The predicted octanol–water partition coefficient (Wildman–Crippen LogP) is 3.52. The van der Waals surface area contributed by atoms with E-state index in [-0.39, 0.29) is 18.2 Å². The van der Waals surface area contributed by atoms with E-state index in [4.69, 9.17) is 23.7 Å². The molecular formula is C32H37NO9. The second-order valence-electron chi connectivity index (χ2n) is 11.3. The highest BCUT2D eigenvalue weighted by atomic mass is 16.6. The van der Waals surface area contributed by atoms with Crippen LogP contribution in [0.4, 0.5) is 0 Å². The van der Waals surface area contributed by atoms with Crippen molar-refractivity contribution in [2.45, 2.75) is 75.9 Å². The van der Waals surface area contributed by atoms with Crippen LogP contribution in [0.5, 0.6) is 11.5 Å². The first-order valence-electron chi connectivity index (χ1n) is 14.1. The number of carbonyl (C=O) groups excluding carboxylic acids is 3. The van der Waals surface area contributed by atoms with Gasteiger partial charge in [0.05, 0.1) is 18.1 Å². The van der Waals surface area contributed by atoms with Crippen molar-refractivity contribution in [2.24, 2.45) is 0 Å². The number of esters is 3. The topological polar surface area (TPSA) is 121 Å². The number of likely N-dealkylation sites (N-methyl/N-ethyl adjacent to an activating group) is 1. The van der Waals surface area contributed by atoms with Gasteiger partial charge in [-0.2, -0.15) is 0 Å². The van der Waals surface area contributed by atoms with Gasteiger partial charge in [0, 0.05) is 30.5 Å². The van der Waals surface area contributed by atoms with Crippen LogP contribution in [0.3, 0.4) is 0 Å². The van der Waals surface area contributed by atoms with Crippen LogP contribution < -0.4 is 9.47 Å². The largest absolute Gasteiger partial charge is 0.493 e. The number of benzene rings is 2. The maximum Gasteiger partial charge on any atom is 0.353 e. The van der Waals surface area contributed by atoms with E-state index in [1.54, 1.807) is 43.5 Å². The Morgan fingerprint density at radius 3 is 2.48 bits per heavy atom. The number of piperidine rings is 1. The van der Waals surface area contributed by atoms with E-state index in [1.165, 1.54) is 13.8 Å². The van der Waals surface area contributed by atoms with Crippen molar-refractivity contribution in [3.8, 4) is 11.5 Å². The highest BCUT2D eigenvalue weighted by Crippen LogP contribution is 2.62. The monoisotopic (exact) mass is 579 g/mol. The molecule has 2 heterocycles. The summed E-state index contributed by atoms with van der Waals surface area (Å²) in [5.41, 5.74) is 0.0596.